The van der Waals surface area contributed by atoms with E-state index in [2.05, 4.69) is 10.3 Å². The summed E-state index contributed by atoms with van der Waals surface area (Å²) < 4.78 is 0. The van der Waals surface area contributed by atoms with E-state index in [1.807, 2.05) is 38.1 Å². The van der Waals surface area contributed by atoms with Crippen molar-refractivity contribution in [3.8, 4) is 0 Å². The molecule has 0 bridgehead atoms. The third-order valence-corrected chi connectivity index (χ3v) is 3.23. The number of benzene rings is 1. The minimum absolute atomic E-state index is 0.0195. The van der Waals surface area contributed by atoms with Crippen molar-refractivity contribution in [3.63, 3.8) is 0 Å². The van der Waals surface area contributed by atoms with E-state index < -0.39 is 0 Å². The number of rotatable bonds is 5. The van der Waals surface area contributed by atoms with Gasteiger partial charge >= 0.3 is 0 Å². The molecule has 0 aliphatic rings. The Balaban J connectivity index is 2.16. The third-order valence-electron chi connectivity index (χ3n) is 3.23. The molecule has 1 heterocycles. The highest BCUT2D eigenvalue weighted by molar-refractivity contribution is 5.41. The molecular formula is C15H17N3O2. The zero-order valence-corrected chi connectivity index (χ0v) is 11.5. The number of hydrogen-bond donors (Lipinski definition) is 1. The average Bonchev–Trinajstić information content (AvgIpc) is 2.48. The summed E-state index contributed by atoms with van der Waals surface area (Å²) in [7, 11) is 0. The van der Waals surface area contributed by atoms with Gasteiger partial charge in [-0.05, 0) is 26.0 Å². The van der Waals surface area contributed by atoms with E-state index in [9.17, 15) is 10.1 Å². The Hall–Kier alpha value is -2.27. The van der Waals surface area contributed by atoms with Crippen molar-refractivity contribution in [2.45, 2.75) is 25.9 Å². The molecule has 0 spiro atoms. The lowest BCUT2D eigenvalue weighted by Gasteiger charge is -2.19. The van der Waals surface area contributed by atoms with Gasteiger partial charge in [0.1, 0.15) is 0 Å². The quantitative estimate of drug-likeness (QED) is 0.668. The number of hydrogen-bond acceptors (Lipinski definition) is 4. The molecule has 104 valence electrons. The van der Waals surface area contributed by atoms with Crippen LogP contribution < -0.4 is 5.32 Å². The maximum absolute atomic E-state index is 11.0. The zero-order chi connectivity index (χ0) is 14.5. The summed E-state index contributed by atoms with van der Waals surface area (Å²) in [6.45, 7) is 3.91. The molecule has 2 rings (SSSR count). The summed E-state index contributed by atoms with van der Waals surface area (Å²) in [5.74, 6) is 0. The second-order valence-corrected chi connectivity index (χ2v) is 4.68. The predicted molar refractivity (Wildman–Crippen MR) is 77.3 cm³/mol. The van der Waals surface area contributed by atoms with E-state index >= 15 is 0 Å². The van der Waals surface area contributed by atoms with E-state index in [0.717, 1.165) is 5.69 Å². The molecule has 1 unspecified atom stereocenters. The van der Waals surface area contributed by atoms with Gasteiger partial charge < -0.3 is 5.32 Å². The molecule has 0 aliphatic carbocycles. The first kappa shape index (κ1) is 14.1. The normalized spacial score (nSPS) is 13.7. The Morgan fingerprint density at radius 1 is 1.10 bits per heavy atom. The maximum atomic E-state index is 11.0. The van der Waals surface area contributed by atoms with Gasteiger partial charge in [0.2, 0.25) is 0 Å². The third kappa shape index (κ3) is 3.19. The fourth-order valence-electron chi connectivity index (χ4n) is 2.20. The highest BCUT2D eigenvalue weighted by Gasteiger charge is 2.19. The predicted octanol–water partition coefficient (Wildman–Crippen LogP) is 3.40. The minimum Gasteiger partial charge on any atom is -0.302 e. The Labute approximate surface area is 117 Å². The molecule has 2 aromatic rings. The first-order chi connectivity index (χ1) is 9.59. The number of para-hydroxylation sites is 1. The summed E-state index contributed by atoms with van der Waals surface area (Å²) in [6.07, 6.45) is 1.74. The van der Waals surface area contributed by atoms with Gasteiger partial charge in [-0.25, -0.2) is 0 Å². The molecule has 0 radical (unpaired) electrons. The molecule has 1 aromatic carbocycles. The molecular weight excluding hydrogens is 254 g/mol. The molecule has 20 heavy (non-hydrogen) atoms. The van der Waals surface area contributed by atoms with E-state index in [-0.39, 0.29) is 22.7 Å². The average molecular weight is 271 g/mol. The van der Waals surface area contributed by atoms with Crippen LogP contribution in [-0.2, 0) is 0 Å². The summed E-state index contributed by atoms with van der Waals surface area (Å²) in [4.78, 5) is 15.0. The van der Waals surface area contributed by atoms with Crippen molar-refractivity contribution in [2.24, 2.45) is 0 Å². The standard InChI is InChI=1S/C15H17N3O2/c1-11(13-7-3-4-9-15(13)18(19)20)17-12(2)14-8-5-6-10-16-14/h3-12,17H,1-2H3/t11?,12-/m1/s1. The lowest BCUT2D eigenvalue weighted by atomic mass is 10.0. The van der Waals surface area contributed by atoms with Gasteiger partial charge in [-0.1, -0.05) is 24.3 Å². The summed E-state index contributed by atoms with van der Waals surface area (Å²) >= 11 is 0. The van der Waals surface area contributed by atoms with Crippen molar-refractivity contribution in [3.05, 3.63) is 70.0 Å². The molecule has 5 nitrogen and oxygen atoms in total. The molecule has 0 saturated carbocycles. The second kappa shape index (κ2) is 6.25. The van der Waals surface area contributed by atoms with E-state index in [1.54, 1.807) is 18.3 Å². The largest absolute Gasteiger partial charge is 0.302 e. The molecule has 1 aromatic heterocycles. The van der Waals surface area contributed by atoms with Gasteiger partial charge in [0.05, 0.1) is 10.6 Å². The van der Waals surface area contributed by atoms with Gasteiger partial charge in [-0.3, -0.25) is 15.1 Å². The minimum atomic E-state index is -0.348. The van der Waals surface area contributed by atoms with Gasteiger partial charge in [-0.2, -0.15) is 0 Å². The smallest absolute Gasteiger partial charge is 0.274 e. The fourth-order valence-corrected chi connectivity index (χ4v) is 2.20. The molecule has 1 N–H and O–H groups in total. The highest BCUT2D eigenvalue weighted by Crippen LogP contribution is 2.26. The van der Waals surface area contributed by atoms with Gasteiger partial charge in [0.15, 0.2) is 0 Å². The van der Waals surface area contributed by atoms with Crippen molar-refractivity contribution < 1.29 is 4.92 Å². The van der Waals surface area contributed by atoms with Gasteiger partial charge in [0.25, 0.3) is 5.69 Å². The number of nitro groups is 1. The molecule has 5 heteroatoms. The summed E-state index contributed by atoms with van der Waals surface area (Å²) in [5.41, 5.74) is 1.74. The van der Waals surface area contributed by atoms with Crippen LogP contribution in [0.1, 0.15) is 37.2 Å². The van der Waals surface area contributed by atoms with Crippen LogP contribution in [0.3, 0.4) is 0 Å². The lowest BCUT2D eigenvalue weighted by molar-refractivity contribution is -0.385. The second-order valence-electron chi connectivity index (χ2n) is 4.68. The van der Waals surface area contributed by atoms with Crippen LogP contribution in [-0.4, -0.2) is 9.91 Å². The molecule has 2 atom stereocenters. The van der Waals surface area contributed by atoms with E-state index in [4.69, 9.17) is 0 Å². The van der Waals surface area contributed by atoms with Gasteiger partial charge in [-0.15, -0.1) is 0 Å². The van der Waals surface area contributed by atoms with Crippen molar-refractivity contribution >= 4 is 5.69 Å². The SMILES string of the molecule is CC(N[C@H](C)c1ccccn1)c1ccccc1[N+](=O)[O-]. The van der Waals surface area contributed by atoms with Crippen LogP contribution in [0.5, 0.6) is 0 Å². The monoisotopic (exact) mass is 271 g/mol. The first-order valence-electron chi connectivity index (χ1n) is 6.50. The Kier molecular flexibility index (Phi) is 4.42. The molecule has 0 saturated heterocycles. The maximum Gasteiger partial charge on any atom is 0.274 e. The van der Waals surface area contributed by atoms with Crippen LogP contribution in [0.4, 0.5) is 5.69 Å². The Morgan fingerprint density at radius 2 is 1.80 bits per heavy atom. The summed E-state index contributed by atoms with van der Waals surface area (Å²) in [6, 6.07) is 12.4. The van der Waals surface area contributed by atoms with Crippen molar-refractivity contribution in [1.82, 2.24) is 10.3 Å². The van der Waals surface area contributed by atoms with Crippen LogP contribution in [0, 0.1) is 10.1 Å². The zero-order valence-electron chi connectivity index (χ0n) is 11.5. The Bertz CT molecular complexity index is 587. The number of nitrogens with zero attached hydrogens (tertiary/aromatic N) is 2. The van der Waals surface area contributed by atoms with Crippen LogP contribution in [0.25, 0.3) is 0 Å². The fraction of sp³-hybridized carbons (Fsp3) is 0.267. The first-order valence-corrected chi connectivity index (χ1v) is 6.50. The van der Waals surface area contributed by atoms with E-state index in [0.29, 0.717) is 5.56 Å². The number of pyridine rings is 1. The van der Waals surface area contributed by atoms with E-state index in [1.165, 1.54) is 6.07 Å². The molecule has 0 fully saturated rings. The van der Waals surface area contributed by atoms with Crippen LogP contribution in [0.2, 0.25) is 0 Å². The highest BCUT2D eigenvalue weighted by atomic mass is 16.6. The van der Waals surface area contributed by atoms with Gasteiger partial charge in [0, 0.05) is 29.9 Å². The van der Waals surface area contributed by atoms with Crippen LogP contribution in [0.15, 0.2) is 48.7 Å². The number of nitro benzene ring substituents is 1. The topological polar surface area (TPSA) is 68.1 Å². The van der Waals surface area contributed by atoms with Crippen LogP contribution >= 0.6 is 0 Å². The molecule has 0 aliphatic heterocycles. The lowest BCUT2D eigenvalue weighted by Crippen LogP contribution is -2.23. The van der Waals surface area contributed by atoms with Crippen molar-refractivity contribution in [2.75, 3.05) is 0 Å². The number of aromatic nitrogens is 1. The Morgan fingerprint density at radius 3 is 2.45 bits per heavy atom. The molecule has 0 amide bonds. The van der Waals surface area contributed by atoms with Crippen molar-refractivity contribution in [1.29, 1.82) is 0 Å². The summed E-state index contributed by atoms with van der Waals surface area (Å²) in [5, 5.41) is 14.4. The number of nitrogens with one attached hydrogen (secondary N) is 1.